The number of carbonyl (C=O) groups is 1. The van der Waals surface area contributed by atoms with Crippen molar-refractivity contribution < 1.29 is 24.5 Å². The number of aliphatic hydroxyl groups excluding tert-OH is 1. The molecule has 0 aliphatic carbocycles. The zero-order valence-electron chi connectivity index (χ0n) is 17.3. The van der Waals surface area contributed by atoms with Gasteiger partial charge in [0.25, 0.3) is 0 Å². The maximum Gasteiger partial charge on any atom is 0.335 e. The number of rotatable bonds is 9. The Kier molecular flexibility index (Phi) is 6.74. The summed E-state index contributed by atoms with van der Waals surface area (Å²) in [5.74, 6) is 0.209. The molecule has 1 aromatic heterocycles. The number of methoxy groups -OCH3 is 1. The van der Waals surface area contributed by atoms with Crippen molar-refractivity contribution in [1.29, 1.82) is 0 Å². The molecule has 2 aromatic carbocycles. The van der Waals surface area contributed by atoms with Gasteiger partial charge in [-0.15, -0.1) is 0 Å². The molecule has 0 aliphatic heterocycles. The summed E-state index contributed by atoms with van der Waals surface area (Å²) < 4.78 is 12.9. The van der Waals surface area contributed by atoms with Crippen LogP contribution in [0.25, 0.3) is 22.5 Å². The van der Waals surface area contributed by atoms with Crippen molar-refractivity contribution in [2.24, 2.45) is 0 Å². The Hall–Kier alpha value is -3.32. The molecule has 7 nitrogen and oxygen atoms in total. The maximum atomic E-state index is 11.5. The Bertz CT molecular complexity index is 1030. The summed E-state index contributed by atoms with van der Waals surface area (Å²) in [7, 11) is 1.60. The molecule has 1 heterocycles. The summed E-state index contributed by atoms with van der Waals surface area (Å²) in [6.07, 6.45) is 0.0159. The Morgan fingerprint density at radius 3 is 2.53 bits per heavy atom. The topological polar surface area (TPSA) is 93.8 Å². The molecule has 158 valence electrons. The molecule has 0 fully saturated rings. The van der Waals surface area contributed by atoms with Crippen LogP contribution in [-0.4, -0.2) is 45.8 Å². The van der Waals surface area contributed by atoms with Crippen molar-refractivity contribution in [3.8, 4) is 34.0 Å². The first kappa shape index (κ1) is 21.4. The minimum atomic E-state index is -1.02. The van der Waals surface area contributed by atoms with Gasteiger partial charge >= 0.3 is 5.97 Å². The summed E-state index contributed by atoms with van der Waals surface area (Å²) in [6, 6.07) is 14.1. The molecular formula is C23H26N2O5. The van der Waals surface area contributed by atoms with E-state index in [9.17, 15) is 15.0 Å². The smallest absolute Gasteiger partial charge is 0.335 e. The van der Waals surface area contributed by atoms with Crippen LogP contribution in [0.1, 0.15) is 30.6 Å². The van der Waals surface area contributed by atoms with Gasteiger partial charge in [0.1, 0.15) is 11.5 Å². The normalized spacial score (nSPS) is 11.9. The van der Waals surface area contributed by atoms with E-state index in [1.54, 1.807) is 23.9 Å². The van der Waals surface area contributed by atoms with Gasteiger partial charge in [-0.3, -0.25) is 4.68 Å². The Morgan fingerprint density at radius 1 is 1.10 bits per heavy atom. The van der Waals surface area contributed by atoms with E-state index in [1.807, 2.05) is 44.2 Å². The number of hydrogen-bond acceptors (Lipinski definition) is 5. The van der Waals surface area contributed by atoms with Crippen molar-refractivity contribution >= 4 is 5.97 Å². The fraction of sp³-hybridized carbons (Fsp3) is 0.304. The number of ether oxygens (including phenoxy) is 2. The van der Waals surface area contributed by atoms with Gasteiger partial charge in [0, 0.05) is 11.1 Å². The molecule has 3 aromatic rings. The van der Waals surface area contributed by atoms with Gasteiger partial charge in [-0.2, -0.15) is 5.10 Å². The van der Waals surface area contributed by atoms with Crippen molar-refractivity contribution in [3.05, 3.63) is 54.1 Å². The van der Waals surface area contributed by atoms with Gasteiger partial charge in [0.05, 0.1) is 43.3 Å². The number of para-hydroxylation sites is 1. The molecular weight excluding hydrogens is 384 g/mol. The van der Waals surface area contributed by atoms with E-state index in [0.717, 1.165) is 11.3 Å². The second kappa shape index (κ2) is 9.45. The van der Waals surface area contributed by atoms with E-state index in [-0.39, 0.29) is 5.56 Å². The molecule has 0 saturated heterocycles. The molecule has 1 atom stereocenters. The van der Waals surface area contributed by atoms with Gasteiger partial charge in [-0.05, 0) is 49.7 Å². The van der Waals surface area contributed by atoms with Crippen molar-refractivity contribution in [1.82, 2.24) is 9.78 Å². The highest BCUT2D eigenvalue weighted by molar-refractivity contribution is 5.90. The van der Waals surface area contributed by atoms with Crippen LogP contribution in [0, 0.1) is 0 Å². The molecule has 0 saturated carbocycles. The van der Waals surface area contributed by atoms with Crippen LogP contribution in [0.15, 0.2) is 48.5 Å². The number of aromatic carboxylic acids is 1. The standard InChI is InChI=1S/C23H26N2O5/c1-4-16(26)14-25-20(17-8-6-7-9-21(17)29-3)13-19(24-25)18-12-15(23(27)28)10-11-22(18)30-5-2/h6-13,16,26H,4-5,14H2,1-3H3,(H,27,28)/t16-/m1/s1. The monoisotopic (exact) mass is 410 g/mol. The molecule has 0 bridgehead atoms. The molecule has 3 rings (SSSR count). The summed E-state index contributed by atoms with van der Waals surface area (Å²) >= 11 is 0. The quantitative estimate of drug-likeness (QED) is 0.552. The molecule has 0 spiro atoms. The summed E-state index contributed by atoms with van der Waals surface area (Å²) in [5, 5.41) is 24.4. The molecule has 0 unspecified atom stereocenters. The number of carboxylic acids is 1. The molecule has 7 heteroatoms. The van der Waals surface area contributed by atoms with Crippen LogP contribution in [-0.2, 0) is 6.54 Å². The van der Waals surface area contributed by atoms with Crippen LogP contribution in [0.4, 0.5) is 0 Å². The number of carboxylic acid groups (broad SMARTS) is 1. The highest BCUT2D eigenvalue weighted by Gasteiger charge is 2.20. The zero-order valence-corrected chi connectivity index (χ0v) is 17.3. The predicted octanol–water partition coefficient (Wildman–Crippen LogP) is 4.09. The van der Waals surface area contributed by atoms with E-state index in [1.165, 1.54) is 6.07 Å². The molecule has 30 heavy (non-hydrogen) atoms. The average Bonchev–Trinajstić information content (AvgIpc) is 3.17. The lowest BCUT2D eigenvalue weighted by Crippen LogP contribution is -2.16. The minimum absolute atomic E-state index is 0.149. The van der Waals surface area contributed by atoms with Gasteiger partial charge in [0.2, 0.25) is 0 Å². The first-order valence-electron chi connectivity index (χ1n) is 9.88. The van der Waals surface area contributed by atoms with Crippen molar-refractivity contribution in [2.45, 2.75) is 32.9 Å². The third-order valence-electron chi connectivity index (χ3n) is 4.82. The average molecular weight is 410 g/mol. The van der Waals surface area contributed by atoms with E-state index >= 15 is 0 Å². The highest BCUT2D eigenvalue weighted by atomic mass is 16.5. The molecule has 2 N–H and O–H groups in total. The number of nitrogens with zero attached hydrogens (tertiary/aromatic N) is 2. The van der Waals surface area contributed by atoms with E-state index in [4.69, 9.17) is 14.6 Å². The third-order valence-corrected chi connectivity index (χ3v) is 4.82. The van der Waals surface area contributed by atoms with E-state index in [2.05, 4.69) is 0 Å². The zero-order chi connectivity index (χ0) is 21.7. The van der Waals surface area contributed by atoms with E-state index < -0.39 is 12.1 Å². The fourth-order valence-corrected chi connectivity index (χ4v) is 3.23. The third kappa shape index (κ3) is 4.46. The van der Waals surface area contributed by atoms with Crippen LogP contribution in [0.2, 0.25) is 0 Å². The maximum absolute atomic E-state index is 11.5. The van der Waals surface area contributed by atoms with Gasteiger partial charge in [-0.1, -0.05) is 19.1 Å². The number of aliphatic hydroxyl groups is 1. The van der Waals surface area contributed by atoms with Crippen molar-refractivity contribution in [3.63, 3.8) is 0 Å². The summed E-state index contributed by atoms with van der Waals surface area (Å²) in [5.41, 5.74) is 2.88. The van der Waals surface area contributed by atoms with Gasteiger partial charge in [0.15, 0.2) is 0 Å². The molecule has 0 radical (unpaired) electrons. The largest absolute Gasteiger partial charge is 0.496 e. The molecule has 0 aliphatic rings. The number of benzene rings is 2. The van der Waals surface area contributed by atoms with Crippen molar-refractivity contribution in [2.75, 3.05) is 13.7 Å². The van der Waals surface area contributed by atoms with Crippen LogP contribution in [0.5, 0.6) is 11.5 Å². The lowest BCUT2D eigenvalue weighted by atomic mass is 10.0. The summed E-state index contributed by atoms with van der Waals surface area (Å²) in [6.45, 7) is 4.51. The number of hydrogen-bond donors (Lipinski definition) is 2. The first-order chi connectivity index (χ1) is 14.5. The van der Waals surface area contributed by atoms with Gasteiger partial charge < -0.3 is 19.7 Å². The summed E-state index contributed by atoms with van der Waals surface area (Å²) in [4.78, 5) is 11.5. The van der Waals surface area contributed by atoms with E-state index in [0.29, 0.717) is 42.3 Å². The first-order valence-corrected chi connectivity index (χ1v) is 9.88. The SMILES string of the molecule is CCOc1ccc(C(=O)O)cc1-c1cc(-c2ccccc2OC)n(C[C@H](O)CC)n1. The fourth-order valence-electron chi connectivity index (χ4n) is 3.23. The molecule has 0 amide bonds. The Balaban J connectivity index is 2.19. The van der Waals surface area contributed by atoms with Crippen LogP contribution in [0.3, 0.4) is 0 Å². The van der Waals surface area contributed by atoms with Crippen LogP contribution < -0.4 is 9.47 Å². The second-order valence-corrected chi connectivity index (χ2v) is 6.81. The lowest BCUT2D eigenvalue weighted by molar-refractivity contribution is 0.0697. The second-order valence-electron chi connectivity index (χ2n) is 6.81. The highest BCUT2D eigenvalue weighted by Crippen LogP contribution is 2.36. The predicted molar refractivity (Wildman–Crippen MR) is 114 cm³/mol. The Labute approximate surface area is 175 Å². The van der Waals surface area contributed by atoms with Crippen LogP contribution >= 0.6 is 0 Å². The lowest BCUT2D eigenvalue weighted by Gasteiger charge is -2.13. The van der Waals surface area contributed by atoms with Gasteiger partial charge in [-0.25, -0.2) is 4.79 Å². The minimum Gasteiger partial charge on any atom is -0.496 e. The number of aromatic nitrogens is 2. The Morgan fingerprint density at radius 2 is 1.87 bits per heavy atom.